The zero-order valence-corrected chi connectivity index (χ0v) is 77.2. The molecule has 0 fully saturated rings. The Morgan fingerprint density at radius 2 is 0.500 bits per heavy atom. The number of aryl methyl sites for hydroxylation is 2. The lowest BCUT2D eigenvalue weighted by Crippen LogP contribution is -2.23. The summed E-state index contributed by atoms with van der Waals surface area (Å²) in [6.07, 6.45) is 5.79. The van der Waals surface area contributed by atoms with E-state index in [1.807, 2.05) is 237 Å². The summed E-state index contributed by atoms with van der Waals surface area (Å²) < 4.78 is 0. The molecule has 0 saturated heterocycles. The second-order valence-electron chi connectivity index (χ2n) is 29.3. The van der Waals surface area contributed by atoms with Gasteiger partial charge in [0.25, 0.3) is 0 Å². The average Bonchev–Trinajstić information content (AvgIpc) is 0.842. The molecule has 16 rings (SSSR count). The molecular formula is C90H116N48. The van der Waals surface area contributed by atoms with Crippen LogP contribution in [0.4, 0.5) is 154 Å². The van der Waals surface area contributed by atoms with Crippen molar-refractivity contribution in [3.05, 3.63) is 276 Å². The summed E-state index contributed by atoms with van der Waals surface area (Å²) in [7, 11) is 11.0. The van der Waals surface area contributed by atoms with Gasteiger partial charge < -0.3 is 132 Å². The van der Waals surface area contributed by atoms with Crippen LogP contribution in [-0.2, 0) is 38.8 Å². The lowest BCUT2D eigenvalue weighted by atomic mass is 10.1. The number of nitrogen functional groups attached to an aromatic ring is 14. The molecule has 0 aliphatic carbocycles. The largest absolute Gasteiger partial charge is 0.368 e. The minimum Gasteiger partial charge on any atom is -0.368 e. The molecule has 0 aliphatic rings. The van der Waals surface area contributed by atoms with Gasteiger partial charge in [-0.3, -0.25) is 0 Å². The smallest absolute Gasteiger partial charge is 0.236 e. The fourth-order valence-corrected chi connectivity index (χ4v) is 11.9. The number of hydrogen-bond acceptors (Lipinski definition) is 48. The average molecular weight is 1870 g/mol. The molecule has 0 spiro atoms. The summed E-state index contributed by atoms with van der Waals surface area (Å²) in [6, 6.07) is 80.3. The SMILES string of the molecule is CN(CCCc1ccccc1)c1nc(N)nc(N)n1.CN(CCc1ccccc1)c1nc(N)nc(N)n1.CN(Cc1ccccc1)c1nc(N)nc(N)n1.CN(c1ccccc1)c1nc(N)nc(N)n1.CNc1nc(N)nc(NCc2ccccc2)n1.CNc1nc(N)nc(Nc2ccccc2)n1.Nc1nc(N)nc(NCCCc2ccccc2)n1.Nc1nc(N)nc(NCCc2ccccc2)n1. The zero-order valence-electron chi connectivity index (χ0n) is 77.2. The Morgan fingerprint density at radius 3 is 0.891 bits per heavy atom. The fraction of sp³-hybridized carbons (Fsp3) is 0.200. The van der Waals surface area contributed by atoms with E-state index in [2.05, 4.69) is 200 Å². The Bertz CT molecular complexity index is 6110. The predicted molar refractivity (Wildman–Crippen MR) is 549 cm³/mol. The first kappa shape index (κ1) is 103. The van der Waals surface area contributed by atoms with Gasteiger partial charge in [0.1, 0.15) is 0 Å². The van der Waals surface area contributed by atoms with Gasteiger partial charge in [-0.15, -0.1) is 0 Å². The van der Waals surface area contributed by atoms with Crippen molar-refractivity contribution in [3.8, 4) is 0 Å². The maximum atomic E-state index is 5.56. The molecule has 138 heavy (non-hydrogen) atoms. The van der Waals surface area contributed by atoms with Crippen LogP contribution in [0.3, 0.4) is 0 Å². The first-order valence-corrected chi connectivity index (χ1v) is 42.8. The van der Waals surface area contributed by atoms with E-state index in [1.54, 1.807) is 19.0 Å². The Balaban J connectivity index is 0.000000177. The van der Waals surface area contributed by atoms with E-state index in [0.29, 0.717) is 79.1 Å². The standard InChI is InChI=1S/C13H18N6.2C12H16N6.3C11H14N6.2C10H12N6/c1-19(13-17-11(14)16-12(15)18-13)9-5-8-10-6-3-2-4-7-10;1-18(8-7-9-5-3-2-4-6-9)12-16-10(13)15-11(14)17-12;13-10-16-11(14)18-12(17-10)15-8-4-7-9-5-2-1-3-6-9;1-17(7-8-5-3-2-4-6-8)11-15-9(12)14-10(13)16-11;1-13-10-15-9(12)16-11(17-10)14-7-8-5-3-2-4-6-8;12-9-15-10(13)17-11(16-9)14-7-6-8-4-2-1-3-5-8;1-16(7-5-3-2-4-6-7)10-14-8(11)13-9(12)15-10;1-12-9-14-8(11)15-10(16-9)13-7-5-3-2-4-6-7/h2-4,6-7H,5,8-9H2,1H3,(H4,14,15,16,17,18);2-6H,7-8H2,1H3,(H4,13,14,15,16,17);1-3,5-6H,4,7-8H2,(H5,13,14,15,16,17,18);2-6H,7H2,1H3,(H4,12,13,14,15,16);2-6H,7H2,1H3,(H4,12,13,14,15,16,17);1-5H,6-7H2,(H5,12,13,14,15,16,17);2-6H,1H3,(H4,11,12,13,14,15);2-6H,1H3,(H4,11,12,13,14,15,16). The van der Waals surface area contributed by atoms with Crippen molar-refractivity contribution in [2.75, 3.05) is 200 Å². The molecule has 0 bridgehead atoms. The number of hydrogen-bond donors (Lipinski definition) is 20. The molecule has 0 aliphatic heterocycles. The molecule has 0 unspecified atom stereocenters. The Kier molecular flexibility index (Phi) is 41.2. The molecule has 0 atom stereocenters. The molecule has 16 aromatic rings. The highest BCUT2D eigenvalue weighted by atomic mass is 15.3. The second-order valence-corrected chi connectivity index (χ2v) is 29.3. The first-order valence-electron chi connectivity index (χ1n) is 42.8. The summed E-state index contributed by atoms with van der Waals surface area (Å²) in [4.78, 5) is 102. The second kappa shape index (κ2) is 55.3. The quantitative estimate of drug-likeness (QED) is 0.0195. The van der Waals surface area contributed by atoms with Gasteiger partial charge in [0.15, 0.2) is 0 Å². The van der Waals surface area contributed by atoms with Crippen LogP contribution in [0.15, 0.2) is 243 Å². The van der Waals surface area contributed by atoms with Crippen LogP contribution >= 0.6 is 0 Å². The number of benzene rings is 8. The minimum absolute atomic E-state index is 0.116. The number of nitrogens with two attached hydrogens (primary N) is 14. The van der Waals surface area contributed by atoms with Crippen molar-refractivity contribution >= 4 is 154 Å². The van der Waals surface area contributed by atoms with E-state index in [-0.39, 0.29) is 83.3 Å². The van der Waals surface area contributed by atoms with Crippen molar-refractivity contribution in [2.45, 2.75) is 51.6 Å². The van der Waals surface area contributed by atoms with Gasteiger partial charge in [-0.25, -0.2) is 0 Å². The van der Waals surface area contributed by atoms with E-state index in [0.717, 1.165) is 80.7 Å². The van der Waals surface area contributed by atoms with Crippen molar-refractivity contribution in [2.24, 2.45) is 0 Å². The summed E-state index contributed by atoms with van der Waals surface area (Å²) in [5.74, 6) is 6.48. The van der Waals surface area contributed by atoms with Gasteiger partial charge in [-0.05, 0) is 96.2 Å². The number of nitrogens with one attached hydrogen (secondary N) is 6. The Hall–Kier alpha value is -19.0. The zero-order chi connectivity index (χ0) is 98.8. The van der Waals surface area contributed by atoms with Gasteiger partial charge in [-0.2, -0.15) is 120 Å². The first-order chi connectivity index (χ1) is 66.6. The van der Waals surface area contributed by atoms with E-state index in [4.69, 9.17) is 80.3 Å². The highest BCUT2D eigenvalue weighted by Crippen LogP contribution is 2.22. The van der Waals surface area contributed by atoms with Gasteiger partial charge in [-0.1, -0.05) is 218 Å². The topological polar surface area (TPSA) is 759 Å². The highest BCUT2D eigenvalue weighted by Gasteiger charge is 2.15. The molecular weight excluding hydrogens is 1750 g/mol. The lowest BCUT2D eigenvalue weighted by Gasteiger charge is -2.17. The van der Waals surface area contributed by atoms with Crippen molar-refractivity contribution in [1.82, 2.24) is 120 Å². The Labute approximate surface area is 797 Å². The number of rotatable bonds is 30. The van der Waals surface area contributed by atoms with E-state index in [1.165, 1.54) is 22.3 Å². The summed E-state index contributed by atoms with van der Waals surface area (Å²) in [5, 5.41) is 17.9. The van der Waals surface area contributed by atoms with Gasteiger partial charge in [0.05, 0.1) is 0 Å². The number of anilines is 26. The molecule has 0 saturated carbocycles. The lowest BCUT2D eigenvalue weighted by molar-refractivity contribution is 0.764. The normalized spacial score (nSPS) is 10.1. The number of likely N-dealkylation sites (N-methyl/N-ethyl adjacent to an activating group) is 1. The van der Waals surface area contributed by atoms with Crippen LogP contribution < -0.4 is 132 Å². The van der Waals surface area contributed by atoms with Crippen LogP contribution in [0.25, 0.3) is 0 Å². The minimum atomic E-state index is 0.116. The summed E-state index contributed by atoms with van der Waals surface area (Å²) in [6.45, 7) is 4.42. The Morgan fingerprint density at radius 1 is 0.225 bits per heavy atom. The number of nitrogens with zero attached hydrogens (tertiary/aromatic N) is 28. The molecule has 48 heteroatoms. The molecule has 0 amide bonds. The molecule has 716 valence electrons. The third kappa shape index (κ3) is 38.6. The van der Waals surface area contributed by atoms with E-state index >= 15 is 0 Å². The highest BCUT2D eigenvalue weighted by molar-refractivity contribution is 5.58. The van der Waals surface area contributed by atoms with Crippen molar-refractivity contribution in [1.29, 1.82) is 0 Å². The molecule has 48 nitrogen and oxygen atoms in total. The van der Waals surface area contributed by atoms with Crippen LogP contribution in [0.5, 0.6) is 0 Å². The van der Waals surface area contributed by atoms with Crippen LogP contribution in [-0.4, -0.2) is 188 Å². The summed E-state index contributed by atoms with van der Waals surface area (Å²) >= 11 is 0. The molecule has 8 heterocycles. The monoisotopic (exact) mass is 1870 g/mol. The van der Waals surface area contributed by atoms with Gasteiger partial charge >= 0.3 is 0 Å². The summed E-state index contributed by atoms with van der Waals surface area (Å²) in [5.41, 5.74) is 86.5. The van der Waals surface area contributed by atoms with Crippen LogP contribution in [0.2, 0.25) is 0 Å². The molecule has 8 aromatic carbocycles. The maximum Gasteiger partial charge on any atom is 0.236 e. The molecule has 0 radical (unpaired) electrons. The fourth-order valence-electron chi connectivity index (χ4n) is 11.9. The third-order valence-electron chi connectivity index (χ3n) is 18.5. The van der Waals surface area contributed by atoms with Crippen molar-refractivity contribution < 1.29 is 0 Å². The predicted octanol–water partition coefficient (Wildman–Crippen LogP) is 7.41. The van der Waals surface area contributed by atoms with Gasteiger partial charge in [0, 0.05) is 92.9 Å². The van der Waals surface area contributed by atoms with E-state index in [9.17, 15) is 0 Å². The number of para-hydroxylation sites is 2. The number of aromatic nitrogens is 24. The third-order valence-corrected chi connectivity index (χ3v) is 18.5. The van der Waals surface area contributed by atoms with Crippen molar-refractivity contribution in [3.63, 3.8) is 0 Å². The van der Waals surface area contributed by atoms with Gasteiger partial charge in [0.2, 0.25) is 143 Å². The molecule has 8 aromatic heterocycles. The van der Waals surface area contributed by atoms with Crippen LogP contribution in [0, 0.1) is 0 Å². The van der Waals surface area contributed by atoms with E-state index < -0.39 is 0 Å². The maximum absolute atomic E-state index is 5.56. The molecule has 34 N–H and O–H groups in total. The van der Waals surface area contributed by atoms with Crippen LogP contribution in [0.1, 0.15) is 46.2 Å².